The fourth-order valence-corrected chi connectivity index (χ4v) is 3.29. The Hall–Kier alpha value is -1.61. The van der Waals surface area contributed by atoms with Crippen molar-refractivity contribution in [1.82, 2.24) is 9.78 Å². The highest BCUT2D eigenvalue weighted by atomic mass is 15.3. The summed E-state index contributed by atoms with van der Waals surface area (Å²) in [7, 11) is 0. The van der Waals surface area contributed by atoms with Gasteiger partial charge in [0, 0.05) is 24.7 Å². The van der Waals surface area contributed by atoms with Crippen LogP contribution in [0.1, 0.15) is 30.0 Å². The van der Waals surface area contributed by atoms with Crippen LogP contribution in [0.3, 0.4) is 0 Å². The summed E-state index contributed by atoms with van der Waals surface area (Å²) in [4.78, 5) is 0. The molecule has 100 valence electrons. The number of rotatable bonds is 4. The highest BCUT2D eigenvalue weighted by Crippen LogP contribution is 2.40. The van der Waals surface area contributed by atoms with Crippen molar-refractivity contribution in [3.05, 3.63) is 53.3 Å². The number of fused-ring (bicyclic) bond motifs is 1. The lowest BCUT2D eigenvalue weighted by molar-refractivity contribution is 0.431. The maximum atomic E-state index is 6.14. The van der Waals surface area contributed by atoms with Crippen LogP contribution in [-0.4, -0.2) is 16.3 Å². The molecule has 2 N–H and O–H groups in total. The standard InChI is InChI=1S/C16H21N3/c1-2-19-11-13(10-18-19)9-16(12-17)8-7-14-5-3-4-6-15(14)16/h3-6,10-11H,2,7-9,12,17H2,1H3. The van der Waals surface area contributed by atoms with Crippen LogP contribution < -0.4 is 5.73 Å². The van der Waals surface area contributed by atoms with Crippen LogP contribution in [-0.2, 0) is 24.8 Å². The SMILES string of the molecule is CCn1cc(CC2(CN)CCc3ccccc32)cn1. The molecule has 19 heavy (non-hydrogen) atoms. The predicted molar refractivity (Wildman–Crippen MR) is 77.1 cm³/mol. The first kappa shape index (κ1) is 12.4. The molecule has 1 aromatic carbocycles. The van der Waals surface area contributed by atoms with Crippen molar-refractivity contribution < 1.29 is 0 Å². The first-order valence-electron chi connectivity index (χ1n) is 7.07. The number of aryl methyl sites for hydroxylation is 2. The van der Waals surface area contributed by atoms with Crippen LogP contribution in [0.5, 0.6) is 0 Å². The summed E-state index contributed by atoms with van der Waals surface area (Å²) >= 11 is 0. The van der Waals surface area contributed by atoms with E-state index in [4.69, 9.17) is 5.73 Å². The zero-order valence-electron chi connectivity index (χ0n) is 11.5. The van der Waals surface area contributed by atoms with E-state index >= 15 is 0 Å². The summed E-state index contributed by atoms with van der Waals surface area (Å²) in [6, 6.07) is 8.74. The van der Waals surface area contributed by atoms with Gasteiger partial charge in [-0.1, -0.05) is 24.3 Å². The minimum Gasteiger partial charge on any atom is -0.330 e. The van der Waals surface area contributed by atoms with Gasteiger partial charge in [-0.25, -0.2) is 0 Å². The van der Waals surface area contributed by atoms with Gasteiger partial charge >= 0.3 is 0 Å². The van der Waals surface area contributed by atoms with E-state index in [1.807, 2.05) is 10.9 Å². The lowest BCUT2D eigenvalue weighted by Gasteiger charge is -2.28. The third-order valence-corrected chi connectivity index (χ3v) is 4.41. The van der Waals surface area contributed by atoms with Gasteiger partial charge in [0.15, 0.2) is 0 Å². The third-order valence-electron chi connectivity index (χ3n) is 4.41. The molecule has 0 saturated carbocycles. The molecular weight excluding hydrogens is 234 g/mol. The zero-order valence-corrected chi connectivity index (χ0v) is 11.5. The van der Waals surface area contributed by atoms with E-state index in [0.29, 0.717) is 6.54 Å². The summed E-state index contributed by atoms with van der Waals surface area (Å²) in [5.41, 5.74) is 10.5. The Morgan fingerprint density at radius 1 is 1.37 bits per heavy atom. The van der Waals surface area contributed by atoms with Crippen molar-refractivity contribution in [3.8, 4) is 0 Å². The van der Waals surface area contributed by atoms with Crippen molar-refractivity contribution in [2.24, 2.45) is 5.73 Å². The van der Waals surface area contributed by atoms with Crippen LogP contribution in [0.2, 0.25) is 0 Å². The Morgan fingerprint density at radius 3 is 2.95 bits per heavy atom. The Bertz CT molecular complexity index is 573. The maximum absolute atomic E-state index is 6.14. The molecule has 0 aliphatic heterocycles. The molecule has 0 saturated heterocycles. The predicted octanol–water partition coefficient (Wildman–Crippen LogP) is 2.29. The van der Waals surface area contributed by atoms with Crippen LogP contribution in [0.4, 0.5) is 0 Å². The number of hydrogen-bond acceptors (Lipinski definition) is 2. The first-order valence-corrected chi connectivity index (χ1v) is 7.07. The summed E-state index contributed by atoms with van der Waals surface area (Å²) in [6.07, 6.45) is 7.44. The second kappa shape index (κ2) is 4.82. The zero-order chi connectivity index (χ0) is 13.3. The molecular formula is C16H21N3. The van der Waals surface area contributed by atoms with E-state index in [9.17, 15) is 0 Å². The lowest BCUT2D eigenvalue weighted by atomic mass is 9.77. The van der Waals surface area contributed by atoms with Crippen LogP contribution >= 0.6 is 0 Å². The van der Waals surface area contributed by atoms with Crippen molar-refractivity contribution >= 4 is 0 Å². The summed E-state index contributed by atoms with van der Waals surface area (Å²) < 4.78 is 1.99. The van der Waals surface area contributed by atoms with Gasteiger partial charge in [-0.05, 0) is 42.9 Å². The van der Waals surface area contributed by atoms with Gasteiger partial charge in [0.2, 0.25) is 0 Å². The molecule has 0 bridgehead atoms. The van der Waals surface area contributed by atoms with E-state index < -0.39 is 0 Å². The Labute approximate surface area is 114 Å². The van der Waals surface area contributed by atoms with E-state index in [1.54, 1.807) is 0 Å². The van der Waals surface area contributed by atoms with Gasteiger partial charge in [0.1, 0.15) is 0 Å². The van der Waals surface area contributed by atoms with E-state index in [1.165, 1.54) is 16.7 Å². The number of benzene rings is 1. The fourth-order valence-electron chi connectivity index (χ4n) is 3.29. The highest BCUT2D eigenvalue weighted by molar-refractivity contribution is 5.41. The van der Waals surface area contributed by atoms with Crippen LogP contribution in [0.25, 0.3) is 0 Å². The molecule has 1 heterocycles. The Balaban J connectivity index is 1.93. The van der Waals surface area contributed by atoms with Crippen molar-refractivity contribution in [2.45, 2.75) is 38.1 Å². The summed E-state index contributed by atoms with van der Waals surface area (Å²) in [5, 5.41) is 4.37. The molecule has 0 fully saturated rings. The van der Waals surface area contributed by atoms with Gasteiger partial charge in [-0.15, -0.1) is 0 Å². The molecule has 3 heteroatoms. The minimum atomic E-state index is 0.109. The molecule has 0 amide bonds. The number of nitrogens with two attached hydrogens (primary N) is 1. The quantitative estimate of drug-likeness (QED) is 0.911. The molecule has 3 rings (SSSR count). The normalized spacial score (nSPS) is 21.6. The number of nitrogens with zero attached hydrogens (tertiary/aromatic N) is 2. The molecule has 1 aromatic heterocycles. The Kier molecular flexibility index (Phi) is 3.15. The summed E-state index contributed by atoms with van der Waals surface area (Å²) in [6.45, 7) is 3.74. The Morgan fingerprint density at radius 2 is 2.21 bits per heavy atom. The van der Waals surface area contributed by atoms with E-state index in [0.717, 1.165) is 25.8 Å². The average molecular weight is 255 g/mol. The van der Waals surface area contributed by atoms with Crippen LogP contribution in [0, 0.1) is 0 Å². The smallest absolute Gasteiger partial charge is 0.0522 e. The topological polar surface area (TPSA) is 43.8 Å². The third kappa shape index (κ3) is 2.08. The first-order chi connectivity index (χ1) is 9.27. The monoisotopic (exact) mass is 255 g/mol. The largest absolute Gasteiger partial charge is 0.330 e. The second-order valence-corrected chi connectivity index (χ2v) is 5.52. The molecule has 1 atom stereocenters. The molecule has 1 aliphatic carbocycles. The van der Waals surface area contributed by atoms with Crippen LogP contribution in [0.15, 0.2) is 36.7 Å². The molecule has 0 radical (unpaired) electrons. The van der Waals surface area contributed by atoms with Crippen molar-refractivity contribution in [2.75, 3.05) is 6.54 Å². The van der Waals surface area contributed by atoms with Crippen molar-refractivity contribution in [3.63, 3.8) is 0 Å². The van der Waals surface area contributed by atoms with E-state index in [2.05, 4.69) is 42.5 Å². The molecule has 2 aromatic rings. The van der Waals surface area contributed by atoms with Gasteiger partial charge < -0.3 is 5.73 Å². The minimum absolute atomic E-state index is 0.109. The number of aromatic nitrogens is 2. The van der Waals surface area contributed by atoms with Gasteiger partial charge in [-0.3, -0.25) is 4.68 Å². The molecule has 1 unspecified atom stereocenters. The molecule has 1 aliphatic rings. The lowest BCUT2D eigenvalue weighted by Crippen LogP contribution is -2.35. The fraction of sp³-hybridized carbons (Fsp3) is 0.438. The maximum Gasteiger partial charge on any atom is 0.0522 e. The van der Waals surface area contributed by atoms with Gasteiger partial charge in [-0.2, -0.15) is 5.10 Å². The molecule has 3 nitrogen and oxygen atoms in total. The number of hydrogen-bond donors (Lipinski definition) is 1. The average Bonchev–Trinajstić information content (AvgIpc) is 3.05. The highest BCUT2D eigenvalue weighted by Gasteiger charge is 2.37. The van der Waals surface area contributed by atoms with E-state index in [-0.39, 0.29) is 5.41 Å². The van der Waals surface area contributed by atoms with Crippen molar-refractivity contribution in [1.29, 1.82) is 0 Å². The second-order valence-electron chi connectivity index (χ2n) is 5.52. The van der Waals surface area contributed by atoms with Gasteiger partial charge in [0.05, 0.1) is 6.20 Å². The molecule has 0 spiro atoms. The van der Waals surface area contributed by atoms with Gasteiger partial charge in [0.25, 0.3) is 0 Å². The summed E-state index contributed by atoms with van der Waals surface area (Å²) in [5.74, 6) is 0.